The van der Waals surface area contributed by atoms with Gasteiger partial charge < -0.3 is 9.64 Å². The highest BCUT2D eigenvalue weighted by Gasteiger charge is 2.20. The van der Waals surface area contributed by atoms with E-state index < -0.39 is 0 Å². The SMILES string of the molecule is CCOc1ccc(C(=O)CCC(=O)N2CCCN(Cc3ccc(C#N)cc3)CC2)cc1. The summed E-state index contributed by atoms with van der Waals surface area (Å²) in [5.41, 5.74) is 2.44. The van der Waals surface area contributed by atoms with Crippen molar-refractivity contribution in [3.05, 3.63) is 65.2 Å². The summed E-state index contributed by atoms with van der Waals surface area (Å²) in [6.07, 6.45) is 1.37. The number of ether oxygens (including phenoxy) is 1. The monoisotopic (exact) mass is 419 g/mol. The molecule has 1 heterocycles. The van der Waals surface area contributed by atoms with E-state index in [0.29, 0.717) is 24.3 Å². The van der Waals surface area contributed by atoms with Crippen LogP contribution >= 0.6 is 0 Å². The van der Waals surface area contributed by atoms with Crippen molar-refractivity contribution in [3.8, 4) is 11.8 Å². The second-order valence-corrected chi connectivity index (χ2v) is 7.70. The lowest BCUT2D eigenvalue weighted by Gasteiger charge is -2.22. The molecular formula is C25H29N3O3. The molecular weight excluding hydrogens is 390 g/mol. The van der Waals surface area contributed by atoms with E-state index in [2.05, 4.69) is 11.0 Å². The van der Waals surface area contributed by atoms with Crippen molar-refractivity contribution >= 4 is 11.7 Å². The highest BCUT2D eigenvalue weighted by atomic mass is 16.5. The van der Waals surface area contributed by atoms with Gasteiger partial charge in [0, 0.05) is 51.1 Å². The zero-order valence-electron chi connectivity index (χ0n) is 18.0. The van der Waals surface area contributed by atoms with E-state index in [1.54, 1.807) is 24.3 Å². The summed E-state index contributed by atoms with van der Waals surface area (Å²) < 4.78 is 5.40. The Balaban J connectivity index is 1.45. The molecule has 0 atom stereocenters. The fourth-order valence-corrected chi connectivity index (χ4v) is 3.75. The van der Waals surface area contributed by atoms with Gasteiger partial charge in [0.2, 0.25) is 5.91 Å². The molecule has 162 valence electrons. The lowest BCUT2D eigenvalue weighted by Crippen LogP contribution is -2.35. The lowest BCUT2D eigenvalue weighted by atomic mass is 10.1. The standard InChI is InChI=1S/C25H29N3O3/c1-2-31-23-10-8-22(9-11-23)24(29)12-13-25(30)28-15-3-14-27(16-17-28)19-21-6-4-20(18-26)5-7-21/h4-11H,2-3,12-17,19H2,1H3. The normalized spacial score (nSPS) is 14.5. The molecule has 0 saturated carbocycles. The van der Waals surface area contributed by atoms with Crippen LogP contribution in [0.3, 0.4) is 0 Å². The molecule has 2 aromatic carbocycles. The minimum absolute atomic E-state index is 0.0198. The average molecular weight is 420 g/mol. The molecule has 31 heavy (non-hydrogen) atoms. The lowest BCUT2D eigenvalue weighted by molar-refractivity contribution is -0.131. The first-order valence-electron chi connectivity index (χ1n) is 10.8. The smallest absolute Gasteiger partial charge is 0.223 e. The fourth-order valence-electron chi connectivity index (χ4n) is 3.75. The van der Waals surface area contributed by atoms with Gasteiger partial charge in [-0.05, 0) is 55.3 Å². The van der Waals surface area contributed by atoms with Crippen molar-refractivity contribution in [2.24, 2.45) is 0 Å². The van der Waals surface area contributed by atoms with E-state index >= 15 is 0 Å². The highest BCUT2D eigenvalue weighted by molar-refractivity contribution is 5.98. The molecule has 3 rings (SSSR count). The molecule has 1 saturated heterocycles. The van der Waals surface area contributed by atoms with Crippen LogP contribution < -0.4 is 4.74 Å². The molecule has 0 radical (unpaired) electrons. The van der Waals surface area contributed by atoms with Gasteiger partial charge in [-0.1, -0.05) is 12.1 Å². The van der Waals surface area contributed by atoms with E-state index in [4.69, 9.17) is 10.00 Å². The molecule has 0 spiro atoms. The topological polar surface area (TPSA) is 73.6 Å². The number of ketones is 1. The van der Waals surface area contributed by atoms with Crippen LogP contribution in [-0.2, 0) is 11.3 Å². The number of nitriles is 1. The molecule has 0 aliphatic carbocycles. The number of carbonyl (C=O) groups is 2. The van der Waals surface area contributed by atoms with Crippen molar-refractivity contribution in [1.82, 2.24) is 9.80 Å². The number of carbonyl (C=O) groups excluding carboxylic acids is 2. The third-order valence-corrected chi connectivity index (χ3v) is 5.48. The number of amides is 1. The molecule has 0 unspecified atom stereocenters. The Hall–Kier alpha value is -3.17. The third-order valence-electron chi connectivity index (χ3n) is 5.48. The number of Topliss-reactive ketones (excluding diaryl/α,β-unsaturated/α-hetero) is 1. The van der Waals surface area contributed by atoms with Crippen molar-refractivity contribution in [3.63, 3.8) is 0 Å². The number of nitrogens with zero attached hydrogens (tertiary/aromatic N) is 3. The van der Waals surface area contributed by atoms with Gasteiger partial charge in [-0.15, -0.1) is 0 Å². The zero-order chi connectivity index (χ0) is 22.1. The molecule has 0 bridgehead atoms. The van der Waals surface area contributed by atoms with Crippen LogP contribution in [0.5, 0.6) is 5.75 Å². The first-order valence-corrected chi connectivity index (χ1v) is 10.8. The maximum absolute atomic E-state index is 12.7. The Labute approximate surface area is 184 Å². The number of hydrogen-bond donors (Lipinski definition) is 0. The molecule has 2 aromatic rings. The summed E-state index contributed by atoms with van der Waals surface area (Å²) in [6.45, 7) is 6.44. The van der Waals surface area contributed by atoms with Crippen molar-refractivity contribution < 1.29 is 14.3 Å². The second-order valence-electron chi connectivity index (χ2n) is 7.70. The predicted octanol–water partition coefficient (Wildman–Crippen LogP) is 3.65. The van der Waals surface area contributed by atoms with Crippen LogP contribution in [0, 0.1) is 11.3 Å². The number of rotatable bonds is 8. The zero-order valence-corrected chi connectivity index (χ0v) is 18.0. The number of hydrogen-bond acceptors (Lipinski definition) is 5. The summed E-state index contributed by atoms with van der Waals surface area (Å²) in [5.74, 6) is 0.762. The van der Waals surface area contributed by atoms with Crippen molar-refractivity contribution in [2.45, 2.75) is 32.7 Å². The summed E-state index contributed by atoms with van der Waals surface area (Å²) >= 11 is 0. The Bertz CT molecular complexity index is 917. The van der Waals surface area contributed by atoms with Gasteiger partial charge in [-0.2, -0.15) is 5.26 Å². The largest absolute Gasteiger partial charge is 0.494 e. The van der Waals surface area contributed by atoms with E-state index in [1.165, 1.54) is 5.56 Å². The Morgan fingerprint density at radius 1 is 0.968 bits per heavy atom. The van der Waals surface area contributed by atoms with Gasteiger partial charge >= 0.3 is 0 Å². The van der Waals surface area contributed by atoms with E-state index in [0.717, 1.165) is 38.3 Å². The summed E-state index contributed by atoms with van der Waals surface area (Å²) in [6, 6.07) is 16.9. The van der Waals surface area contributed by atoms with Crippen LogP contribution in [0.15, 0.2) is 48.5 Å². The average Bonchev–Trinajstić information content (AvgIpc) is 3.04. The molecule has 1 aliphatic heterocycles. The minimum atomic E-state index is -0.0198. The van der Waals surface area contributed by atoms with Crippen LogP contribution in [0.4, 0.5) is 0 Å². The maximum Gasteiger partial charge on any atom is 0.223 e. The quantitative estimate of drug-likeness (QED) is 0.611. The van der Waals surface area contributed by atoms with Crippen LogP contribution in [0.2, 0.25) is 0 Å². The second kappa shape index (κ2) is 11.3. The van der Waals surface area contributed by atoms with Gasteiger partial charge in [0.05, 0.1) is 18.2 Å². The van der Waals surface area contributed by atoms with Crippen LogP contribution in [0.25, 0.3) is 0 Å². The first-order chi connectivity index (χ1) is 15.1. The fraction of sp³-hybridized carbons (Fsp3) is 0.400. The molecule has 1 fully saturated rings. The summed E-state index contributed by atoms with van der Waals surface area (Å²) in [7, 11) is 0. The first kappa shape index (κ1) is 22.5. The number of benzene rings is 2. The molecule has 1 amide bonds. The molecule has 6 nitrogen and oxygen atoms in total. The van der Waals surface area contributed by atoms with Crippen LogP contribution in [0.1, 0.15) is 47.7 Å². The maximum atomic E-state index is 12.7. The van der Waals surface area contributed by atoms with Crippen molar-refractivity contribution in [1.29, 1.82) is 5.26 Å². The Morgan fingerprint density at radius 2 is 1.71 bits per heavy atom. The van der Waals surface area contributed by atoms with Gasteiger partial charge in [0.25, 0.3) is 0 Å². The van der Waals surface area contributed by atoms with Crippen molar-refractivity contribution in [2.75, 3.05) is 32.8 Å². The summed E-state index contributed by atoms with van der Waals surface area (Å²) in [4.78, 5) is 29.3. The van der Waals surface area contributed by atoms with Gasteiger partial charge in [-0.3, -0.25) is 14.5 Å². The Kier molecular flexibility index (Phi) is 8.19. The molecule has 1 aliphatic rings. The minimum Gasteiger partial charge on any atom is -0.494 e. The summed E-state index contributed by atoms with van der Waals surface area (Å²) in [5, 5.41) is 8.92. The van der Waals surface area contributed by atoms with Gasteiger partial charge in [0.1, 0.15) is 5.75 Å². The van der Waals surface area contributed by atoms with Crippen LogP contribution in [-0.4, -0.2) is 54.3 Å². The van der Waals surface area contributed by atoms with Gasteiger partial charge in [0.15, 0.2) is 5.78 Å². The van der Waals surface area contributed by atoms with E-state index in [1.807, 2.05) is 36.1 Å². The Morgan fingerprint density at radius 3 is 2.39 bits per heavy atom. The molecule has 0 N–H and O–H groups in total. The van der Waals surface area contributed by atoms with E-state index in [9.17, 15) is 9.59 Å². The highest BCUT2D eigenvalue weighted by Crippen LogP contribution is 2.15. The molecule has 0 aromatic heterocycles. The van der Waals surface area contributed by atoms with Gasteiger partial charge in [-0.25, -0.2) is 0 Å². The predicted molar refractivity (Wildman–Crippen MR) is 119 cm³/mol. The molecule has 6 heteroatoms. The third kappa shape index (κ3) is 6.66. The van der Waals surface area contributed by atoms with E-state index in [-0.39, 0.29) is 24.5 Å².